The van der Waals surface area contributed by atoms with Gasteiger partial charge in [0.15, 0.2) is 0 Å². The predicted molar refractivity (Wildman–Crippen MR) is 410 cm³/mol. The molecule has 0 saturated carbocycles. The molecule has 0 saturated heterocycles. The molecule has 4 atom stereocenters. The van der Waals surface area contributed by atoms with Crippen molar-refractivity contribution in [2.75, 3.05) is 9.80 Å². The summed E-state index contributed by atoms with van der Waals surface area (Å²) in [4.78, 5) is 4.88. The van der Waals surface area contributed by atoms with Gasteiger partial charge >= 0.3 is 0 Å². The summed E-state index contributed by atoms with van der Waals surface area (Å²) < 4.78 is 0. The average Bonchev–Trinajstić information content (AvgIpc) is 1.52. The van der Waals surface area contributed by atoms with E-state index in [1.54, 1.807) is 0 Å². The third kappa shape index (κ3) is 10.1. The molecule has 17 rings (SSSR count). The van der Waals surface area contributed by atoms with Crippen molar-refractivity contribution in [2.45, 2.75) is 101 Å². The first kappa shape index (κ1) is 60.9. The molecule has 0 fully saturated rings. The fourth-order valence-corrected chi connectivity index (χ4v) is 17.5. The van der Waals surface area contributed by atoms with Crippen molar-refractivity contribution in [1.82, 2.24) is 0 Å². The molecule has 0 aliphatic heterocycles. The Hall–Kier alpha value is -10.7. The van der Waals surface area contributed by atoms with Crippen molar-refractivity contribution in [2.24, 2.45) is 5.92 Å². The van der Waals surface area contributed by atoms with Gasteiger partial charge in [0.2, 0.25) is 0 Å². The van der Waals surface area contributed by atoms with Crippen molar-refractivity contribution >= 4 is 39.7 Å². The van der Waals surface area contributed by atoms with Crippen LogP contribution in [0.5, 0.6) is 5.75 Å². The first-order valence-electron chi connectivity index (χ1n) is 35.3. The normalized spacial score (nSPS) is 18.8. The monoisotopic (exact) mass is 1270 g/mol. The highest BCUT2D eigenvalue weighted by atomic mass is 16.3. The maximum absolute atomic E-state index is 11.1. The quantitative estimate of drug-likeness (QED) is 0.124. The predicted octanol–water partition coefficient (Wildman–Crippen LogP) is 25.1. The SMILES string of the molecule is CC(C)(C)c1ccc(C2(c3ccc(O)cc3)c3cc(-c4ccc(N(c5ccc(-c6ccccc6)cc5)c5ccc6c(c5)C(C)(C)c5ccccc5-6)cc4)ccc3C3C=CC(c4ccc(N(c5ccc(C6CC=CCC6)cc5)c5ccc6c(c5)C(C)(C)c5ccccc5-6)cc4)=CC32)cc1. The molecule has 1 N–H and O–H groups in total. The molecule has 0 heterocycles. The minimum absolute atomic E-state index is 0.0136. The number of rotatable bonds is 12. The molecule has 12 aromatic carbocycles. The lowest BCUT2D eigenvalue weighted by molar-refractivity contribution is 0.453. The van der Waals surface area contributed by atoms with E-state index in [0.717, 1.165) is 63.7 Å². The Morgan fingerprint density at radius 2 is 0.857 bits per heavy atom. The molecule has 5 aliphatic rings. The molecule has 0 spiro atoms. The van der Waals surface area contributed by atoms with Crippen molar-refractivity contribution in [3.8, 4) is 50.3 Å². The van der Waals surface area contributed by atoms with Crippen LogP contribution in [0.2, 0.25) is 0 Å². The molecule has 0 aromatic heterocycles. The van der Waals surface area contributed by atoms with Crippen LogP contribution in [0.4, 0.5) is 34.1 Å². The largest absolute Gasteiger partial charge is 0.508 e. The molecule has 3 heteroatoms. The minimum atomic E-state index is -0.641. The Bertz CT molecular complexity index is 5140. The smallest absolute Gasteiger partial charge is 0.115 e. The van der Waals surface area contributed by atoms with Crippen LogP contribution in [0, 0.1) is 5.92 Å². The summed E-state index contributed by atoms with van der Waals surface area (Å²) in [6.45, 7) is 16.4. The molecular weight excluding hydrogens is 1190 g/mol. The summed E-state index contributed by atoms with van der Waals surface area (Å²) in [5, 5.41) is 11.1. The molecule has 12 aromatic rings. The number of phenolic OH excluding ortho intramolecular Hbond substituents is 1. The Kier molecular flexibility index (Phi) is 14.6. The molecule has 0 bridgehead atoms. The lowest BCUT2D eigenvalue weighted by Gasteiger charge is -2.40. The molecule has 3 nitrogen and oxygen atoms in total. The van der Waals surface area contributed by atoms with E-state index in [0.29, 0.717) is 5.92 Å². The van der Waals surface area contributed by atoms with Crippen LogP contribution >= 0.6 is 0 Å². The summed E-state index contributed by atoms with van der Waals surface area (Å²) in [5.41, 5.74) is 31.2. The number of aromatic hydroxyl groups is 1. The van der Waals surface area contributed by atoms with E-state index in [1.165, 1.54) is 101 Å². The Labute approximate surface area is 579 Å². The highest BCUT2D eigenvalue weighted by Crippen LogP contribution is 2.62. The lowest BCUT2D eigenvalue weighted by atomic mass is 9.62. The van der Waals surface area contributed by atoms with E-state index in [1.807, 2.05) is 12.1 Å². The van der Waals surface area contributed by atoms with Crippen LogP contribution in [0.3, 0.4) is 0 Å². The second-order valence-electron chi connectivity index (χ2n) is 30.1. The van der Waals surface area contributed by atoms with Crippen LogP contribution in [0.1, 0.15) is 141 Å². The van der Waals surface area contributed by atoms with E-state index in [9.17, 15) is 5.11 Å². The Morgan fingerprint density at radius 1 is 0.398 bits per heavy atom. The maximum atomic E-state index is 11.1. The van der Waals surface area contributed by atoms with E-state index < -0.39 is 5.41 Å². The number of allylic oxidation sites excluding steroid dienone is 6. The van der Waals surface area contributed by atoms with Crippen LogP contribution in [-0.4, -0.2) is 5.11 Å². The number of hydrogen-bond acceptors (Lipinski definition) is 3. The number of nitrogens with zero attached hydrogens (tertiary/aromatic N) is 2. The summed E-state index contributed by atoms with van der Waals surface area (Å²) in [5.74, 6) is 0.861. The average molecular weight is 1270 g/mol. The van der Waals surface area contributed by atoms with Crippen molar-refractivity contribution in [1.29, 1.82) is 0 Å². The first-order chi connectivity index (χ1) is 47.6. The maximum Gasteiger partial charge on any atom is 0.115 e. The molecule has 478 valence electrons. The van der Waals surface area contributed by atoms with E-state index >= 15 is 0 Å². The Morgan fingerprint density at radius 3 is 1.39 bits per heavy atom. The zero-order chi connectivity index (χ0) is 66.7. The Balaban J connectivity index is 0.762. The topological polar surface area (TPSA) is 26.7 Å². The third-order valence-electron chi connectivity index (χ3n) is 22.8. The first-order valence-corrected chi connectivity index (χ1v) is 35.3. The molecule has 98 heavy (non-hydrogen) atoms. The summed E-state index contributed by atoms with van der Waals surface area (Å²) in [6, 6.07) is 105. The van der Waals surface area contributed by atoms with Crippen LogP contribution in [-0.2, 0) is 21.7 Å². The zero-order valence-electron chi connectivity index (χ0n) is 57.1. The third-order valence-corrected chi connectivity index (χ3v) is 22.8. The summed E-state index contributed by atoms with van der Waals surface area (Å²) >= 11 is 0. The van der Waals surface area contributed by atoms with E-state index in [2.05, 4.69) is 356 Å². The number of fused-ring (bicyclic) bond motifs is 9. The molecule has 0 radical (unpaired) electrons. The lowest BCUT2D eigenvalue weighted by Crippen LogP contribution is -2.35. The van der Waals surface area contributed by atoms with Crippen LogP contribution < -0.4 is 9.80 Å². The van der Waals surface area contributed by atoms with E-state index in [4.69, 9.17) is 0 Å². The van der Waals surface area contributed by atoms with Crippen molar-refractivity contribution in [3.05, 3.63) is 371 Å². The molecule has 0 amide bonds. The fourth-order valence-electron chi connectivity index (χ4n) is 17.5. The van der Waals surface area contributed by atoms with Crippen LogP contribution in [0.25, 0.3) is 50.1 Å². The molecular formula is C95H82N2O. The standard InChI is InChI=1S/C95H82N2O/c1-92(2,3)70-36-38-71(39-37-70)95(72-40-52-79(98)53-41-72)90-58-68(66-30-46-75(47-31-66)96(73-42-26-64(27-43-73)62-18-10-8-11-19-62)77-50-56-82-80-22-14-16-24-86(80)93(4,5)88(82)60-77)34-54-84(90)85-55-35-69(59-91(85)95)67-32-48-76(49-33-67)97(74-44-28-65(29-45-74)63-20-12-9-13-21-63)78-51-57-83-81-23-15-17-25-87(81)94(6,7)89(83)61-78/h8-12,14-19,22-61,63,85,91,98H,13,20-21H2,1-7H3. The fraction of sp³-hybridized carbons (Fsp3) is 0.179. The molecule has 4 unspecified atom stereocenters. The van der Waals surface area contributed by atoms with Gasteiger partial charge in [0.1, 0.15) is 5.75 Å². The number of phenols is 1. The van der Waals surface area contributed by atoms with Crippen LogP contribution in [0.15, 0.2) is 309 Å². The minimum Gasteiger partial charge on any atom is -0.508 e. The number of hydrogen-bond donors (Lipinski definition) is 1. The van der Waals surface area contributed by atoms with Gasteiger partial charge in [-0.15, -0.1) is 0 Å². The van der Waals surface area contributed by atoms with Gasteiger partial charge in [-0.1, -0.05) is 267 Å². The number of anilines is 6. The van der Waals surface area contributed by atoms with Gasteiger partial charge in [0.05, 0.1) is 5.41 Å². The van der Waals surface area contributed by atoms with Gasteiger partial charge in [0.25, 0.3) is 0 Å². The van der Waals surface area contributed by atoms with Gasteiger partial charge in [0, 0.05) is 56.8 Å². The van der Waals surface area contributed by atoms with Crippen molar-refractivity contribution in [3.63, 3.8) is 0 Å². The second kappa shape index (κ2) is 23.5. The van der Waals surface area contributed by atoms with E-state index in [-0.39, 0.29) is 33.8 Å². The van der Waals surface area contributed by atoms with Gasteiger partial charge in [-0.05, 0) is 233 Å². The second-order valence-corrected chi connectivity index (χ2v) is 30.1. The highest BCUT2D eigenvalue weighted by Gasteiger charge is 2.54. The summed E-state index contributed by atoms with van der Waals surface area (Å²) in [6.07, 6.45) is 15.5. The van der Waals surface area contributed by atoms with Gasteiger partial charge in [-0.25, -0.2) is 0 Å². The van der Waals surface area contributed by atoms with Gasteiger partial charge < -0.3 is 14.9 Å². The highest BCUT2D eigenvalue weighted by molar-refractivity contribution is 5.89. The van der Waals surface area contributed by atoms with Gasteiger partial charge in [-0.2, -0.15) is 0 Å². The molecule has 5 aliphatic carbocycles. The summed E-state index contributed by atoms with van der Waals surface area (Å²) in [7, 11) is 0. The zero-order valence-corrected chi connectivity index (χ0v) is 57.1. The number of benzene rings is 12. The van der Waals surface area contributed by atoms with Gasteiger partial charge in [-0.3, -0.25) is 0 Å². The van der Waals surface area contributed by atoms with Crippen molar-refractivity contribution < 1.29 is 5.11 Å².